The number of aliphatic hydroxyl groups is 1. The van der Waals surface area contributed by atoms with Crippen molar-refractivity contribution in [2.45, 2.75) is 32.3 Å². The van der Waals surface area contributed by atoms with E-state index in [1.165, 1.54) is 11.6 Å². The highest BCUT2D eigenvalue weighted by atomic mass is 16.5. The van der Waals surface area contributed by atoms with Crippen LogP contribution in [-0.2, 0) is 6.42 Å². The number of nitrogens with two attached hydrogens (primary N) is 1. The molecule has 0 aliphatic carbocycles. The van der Waals surface area contributed by atoms with Crippen molar-refractivity contribution >= 4 is 5.69 Å². The van der Waals surface area contributed by atoms with Crippen molar-refractivity contribution in [2.24, 2.45) is 5.92 Å². The largest absolute Gasteiger partial charge is 0.506 e. The van der Waals surface area contributed by atoms with Crippen molar-refractivity contribution in [1.29, 1.82) is 0 Å². The first kappa shape index (κ1) is 17.2. The summed E-state index contributed by atoms with van der Waals surface area (Å²) in [5, 5.41) is 19.7. The Labute approximate surface area is 137 Å². The molecule has 23 heavy (non-hydrogen) atoms. The number of hydrogen-bond donors (Lipinski definition) is 3. The third kappa shape index (κ3) is 4.89. The van der Waals surface area contributed by atoms with Crippen LogP contribution < -0.4 is 10.5 Å². The van der Waals surface area contributed by atoms with Crippen LogP contribution in [-0.4, -0.2) is 17.3 Å². The molecule has 0 unspecified atom stereocenters. The van der Waals surface area contributed by atoms with E-state index >= 15 is 0 Å². The molecule has 0 radical (unpaired) electrons. The van der Waals surface area contributed by atoms with Gasteiger partial charge in [0.1, 0.15) is 11.5 Å². The summed E-state index contributed by atoms with van der Waals surface area (Å²) in [6.07, 6.45) is 1.99. The fourth-order valence-corrected chi connectivity index (χ4v) is 2.66. The number of aliphatic hydroxyl groups excluding tert-OH is 1. The molecule has 4 nitrogen and oxygen atoms in total. The number of anilines is 1. The Morgan fingerprint density at radius 2 is 1.78 bits per heavy atom. The minimum absolute atomic E-state index is 0.0498. The highest BCUT2D eigenvalue weighted by molar-refractivity contribution is 5.53. The van der Waals surface area contributed by atoms with Crippen molar-refractivity contribution < 1.29 is 14.9 Å². The minimum atomic E-state index is -0.559. The molecule has 2 aromatic carbocycles. The molecular formula is C19H25NO3. The van der Waals surface area contributed by atoms with Gasteiger partial charge in [0.2, 0.25) is 0 Å². The number of benzene rings is 2. The van der Waals surface area contributed by atoms with E-state index in [0.29, 0.717) is 18.0 Å². The zero-order valence-corrected chi connectivity index (χ0v) is 13.7. The zero-order valence-electron chi connectivity index (χ0n) is 13.7. The lowest BCUT2D eigenvalue weighted by atomic mass is 9.93. The number of rotatable bonds is 7. The molecule has 4 heteroatoms. The summed E-state index contributed by atoms with van der Waals surface area (Å²) >= 11 is 0. The van der Waals surface area contributed by atoms with Gasteiger partial charge in [-0.25, -0.2) is 0 Å². The van der Waals surface area contributed by atoms with Crippen LogP contribution in [0.2, 0.25) is 0 Å². The lowest BCUT2D eigenvalue weighted by Crippen LogP contribution is -2.05. The molecule has 0 aromatic heterocycles. The number of phenols is 1. The van der Waals surface area contributed by atoms with Gasteiger partial charge < -0.3 is 20.7 Å². The number of aromatic hydroxyl groups is 1. The number of methoxy groups -OCH3 is 1. The Morgan fingerprint density at radius 3 is 2.39 bits per heavy atom. The Kier molecular flexibility index (Phi) is 5.88. The Hall–Kier alpha value is -2.20. The van der Waals surface area contributed by atoms with E-state index in [4.69, 9.17) is 10.5 Å². The predicted octanol–water partition coefficient (Wildman–Crippen LogP) is 3.68. The molecular weight excluding hydrogens is 290 g/mol. The van der Waals surface area contributed by atoms with Crippen molar-refractivity contribution in [3.8, 4) is 11.5 Å². The van der Waals surface area contributed by atoms with Crippen LogP contribution in [0.1, 0.15) is 37.0 Å². The molecule has 124 valence electrons. The van der Waals surface area contributed by atoms with Gasteiger partial charge in [-0.3, -0.25) is 0 Å². The van der Waals surface area contributed by atoms with Gasteiger partial charge in [0.25, 0.3) is 0 Å². The summed E-state index contributed by atoms with van der Waals surface area (Å²) in [7, 11) is 1.66. The third-order valence-corrected chi connectivity index (χ3v) is 4.11. The number of phenolic OH excluding ortho intramolecular Hbond substituents is 1. The van der Waals surface area contributed by atoms with E-state index in [-0.39, 0.29) is 5.75 Å². The van der Waals surface area contributed by atoms with Crippen LogP contribution in [0.15, 0.2) is 42.5 Å². The highest BCUT2D eigenvalue weighted by Crippen LogP contribution is 2.28. The molecule has 0 amide bonds. The van der Waals surface area contributed by atoms with Crippen molar-refractivity contribution in [3.05, 3.63) is 53.6 Å². The van der Waals surface area contributed by atoms with Crippen LogP contribution >= 0.6 is 0 Å². The topological polar surface area (TPSA) is 75.7 Å². The maximum Gasteiger partial charge on any atom is 0.138 e. The van der Waals surface area contributed by atoms with Gasteiger partial charge in [0, 0.05) is 0 Å². The van der Waals surface area contributed by atoms with Gasteiger partial charge in [-0.2, -0.15) is 0 Å². The van der Waals surface area contributed by atoms with Crippen molar-refractivity contribution in [3.63, 3.8) is 0 Å². The van der Waals surface area contributed by atoms with Crippen LogP contribution in [0.4, 0.5) is 5.69 Å². The van der Waals surface area contributed by atoms with Crippen LogP contribution in [0.3, 0.4) is 0 Å². The van der Waals surface area contributed by atoms with Crippen molar-refractivity contribution in [1.82, 2.24) is 0 Å². The molecule has 0 spiro atoms. The van der Waals surface area contributed by atoms with Gasteiger partial charge >= 0.3 is 0 Å². The summed E-state index contributed by atoms with van der Waals surface area (Å²) in [4.78, 5) is 0. The number of nitrogen functional groups attached to an aromatic ring is 1. The van der Waals surface area contributed by atoms with Crippen molar-refractivity contribution in [2.75, 3.05) is 12.8 Å². The fourth-order valence-electron chi connectivity index (χ4n) is 2.66. The lowest BCUT2D eigenvalue weighted by molar-refractivity contribution is 0.158. The molecule has 0 saturated carbocycles. The normalized spacial score (nSPS) is 13.5. The van der Waals surface area contributed by atoms with E-state index in [9.17, 15) is 10.2 Å². The molecule has 0 fully saturated rings. The fraction of sp³-hybridized carbons (Fsp3) is 0.368. The van der Waals surface area contributed by atoms with E-state index in [2.05, 4.69) is 19.1 Å². The molecule has 2 aromatic rings. The second kappa shape index (κ2) is 7.88. The quantitative estimate of drug-likeness (QED) is 0.538. The Bertz CT molecular complexity index is 625. The standard InChI is InChI=1S/C19H25NO3/c1-13(11-14-4-7-16(23-2)8-5-14)3-9-18(21)15-6-10-19(22)17(20)12-15/h4-8,10,12-13,18,21-22H,3,9,11,20H2,1-2H3/t13-,18-/m0/s1. The molecule has 2 atom stereocenters. The van der Waals surface area contributed by atoms with E-state index < -0.39 is 6.10 Å². The van der Waals surface area contributed by atoms with Gasteiger partial charge in [-0.05, 0) is 60.6 Å². The second-order valence-electron chi connectivity index (χ2n) is 6.07. The number of hydrogen-bond acceptors (Lipinski definition) is 4. The molecule has 0 aliphatic heterocycles. The first-order valence-electron chi connectivity index (χ1n) is 7.89. The summed E-state index contributed by atoms with van der Waals surface area (Å²) in [5.41, 5.74) is 7.98. The first-order valence-corrected chi connectivity index (χ1v) is 7.89. The molecule has 0 bridgehead atoms. The predicted molar refractivity (Wildman–Crippen MR) is 92.6 cm³/mol. The maximum atomic E-state index is 10.3. The molecule has 0 aliphatic rings. The molecule has 0 heterocycles. The summed E-state index contributed by atoms with van der Waals surface area (Å²) in [5.74, 6) is 1.38. The van der Waals surface area contributed by atoms with E-state index in [1.807, 2.05) is 12.1 Å². The molecule has 2 rings (SSSR count). The van der Waals surface area contributed by atoms with Crippen LogP contribution in [0.5, 0.6) is 11.5 Å². The maximum absolute atomic E-state index is 10.3. The average molecular weight is 315 g/mol. The lowest BCUT2D eigenvalue weighted by Gasteiger charge is -2.16. The minimum Gasteiger partial charge on any atom is -0.506 e. The monoisotopic (exact) mass is 315 g/mol. The van der Waals surface area contributed by atoms with E-state index in [1.54, 1.807) is 19.2 Å². The second-order valence-corrected chi connectivity index (χ2v) is 6.07. The first-order chi connectivity index (χ1) is 11.0. The summed E-state index contributed by atoms with van der Waals surface area (Å²) < 4.78 is 5.16. The average Bonchev–Trinajstić information content (AvgIpc) is 2.56. The summed E-state index contributed by atoms with van der Waals surface area (Å²) in [6.45, 7) is 2.18. The van der Waals surface area contributed by atoms with Gasteiger partial charge in [0.15, 0.2) is 0 Å². The van der Waals surface area contributed by atoms with Gasteiger partial charge in [-0.1, -0.05) is 25.1 Å². The molecule has 4 N–H and O–H groups in total. The Balaban J connectivity index is 1.85. The third-order valence-electron chi connectivity index (χ3n) is 4.11. The molecule has 0 saturated heterocycles. The zero-order chi connectivity index (χ0) is 16.8. The van der Waals surface area contributed by atoms with Gasteiger partial charge in [0.05, 0.1) is 18.9 Å². The van der Waals surface area contributed by atoms with Crippen LogP contribution in [0.25, 0.3) is 0 Å². The number of ether oxygens (including phenoxy) is 1. The van der Waals surface area contributed by atoms with E-state index in [0.717, 1.165) is 24.2 Å². The van der Waals surface area contributed by atoms with Crippen LogP contribution in [0, 0.1) is 5.92 Å². The Morgan fingerprint density at radius 1 is 1.09 bits per heavy atom. The van der Waals surface area contributed by atoms with Gasteiger partial charge in [-0.15, -0.1) is 0 Å². The highest BCUT2D eigenvalue weighted by Gasteiger charge is 2.12. The smallest absolute Gasteiger partial charge is 0.138 e. The summed E-state index contributed by atoms with van der Waals surface area (Å²) in [6, 6.07) is 13.0. The SMILES string of the molecule is COc1ccc(C[C@@H](C)CC[C@H](O)c2ccc(O)c(N)c2)cc1.